The van der Waals surface area contributed by atoms with E-state index < -0.39 is 11.9 Å². The lowest BCUT2D eigenvalue weighted by Crippen LogP contribution is -2.03. The second-order valence-corrected chi connectivity index (χ2v) is 5.05. The van der Waals surface area contributed by atoms with Crippen LogP contribution in [0.1, 0.15) is 37.4 Å². The summed E-state index contributed by atoms with van der Waals surface area (Å²) in [7, 11) is 0. The van der Waals surface area contributed by atoms with Gasteiger partial charge in [-0.05, 0) is 43.2 Å². The number of hydrogen-bond acceptors (Lipinski definition) is 4. The summed E-state index contributed by atoms with van der Waals surface area (Å²) < 4.78 is 0. The Morgan fingerprint density at radius 3 is 1.96 bits per heavy atom. The van der Waals surface area contributed by atoms with Crippen molar-refractivity contribution in [1.29, 1.82) is 0 Å². The van der Waals surface area contributed by atoms with Crippen LogP contribution in [-0.2, 0) is 6.54 Å². The van der Waals surface area contributed by atoms with Crippen molar-refractivity contribution in [2.24, 2.45) is 5.73 Å². The molecule has 0 amide bonds. The summed E-state index contributed by atoms with van der Waals surface area (Å²) in [6.07, 6.45) is 0. The summed E-state index contributed by atoms with van der Waals surface area (Å²) >= 11 is 0. The first-order valence-electron chi connectivity index (χ1n) is 6.88. The maximum absolute atomic E-state index is 10.4. The van der Waals surface area contributed by atoms with E-state index in [0.717, 1.165) is 22.9 Å². The molecule has 0 saturated carbocycles. The number of aryl methyl sites for hydroxylation is 2. The number of carbonyl (C=O) groups is 2. The molecule has 0 bridgehead atoms. The van der Waals surface area contributed by atoms with Gasteiger partial charge in [0.1, 0.15) is 0 Å². The Balaban J connectivity index is 0.000000231. The molecule has 0 aliphatic carbocycles. The zero-order valence-electron chi connectivity index (χ0n) is 13.0. The summed E-state index contributed by atoms with van der Waals surface area (Å²) in [5.74, 6) is -2.25. The second kappa shape index (κ2) is 7.95. The molecule has 0 radical (unpaired) electrons. The highest BCUT2D eigenvalue weighted by Crippen LogP contribution is 2.18. The minimum atomic E-state index is -1.13. The molecule has 2 aromatic carbocycles. The maximum Gasteiger partial charge on any atom is 0.335 e. The molecule has 0 fully saturated rings. The van der Waals surface area contributed by atoms with Gasteiger partial charge in [0.2, 0.25) is 0 Å². The molecule has 6 heteroatoms. The van der Waals surface area contributed by atoms with Crippen LogP contribution in [0.5, 0.6) is 0 Å². The van der Waals surface area contributed by atoms with E-state index >= 15 is 0 Å². The van der Waals surface area contributed by atoms with Crippen LogP contribution in [0.4, 0.5) is 5.69 Å². The molecule has 0 aliphatic heterocycles. The monoisotopic (exact) mass is 316 g/mol. The van der Waals surface area contributed by atoms with Gasteiger partial charge in [0.15, 0.2) is 0 Å². The summed E-state index contributed by atoms with van der Waals surface area (Å²) in [4.78, 5) is 20.8. The maximum atomic E-state index is 10.4. The molecule has 0 aromatic heterocycles. The van der Waals surface area contributed by atoms with E-state index in [9.17, 15) is 9.59 Å². The number of carboxylic acids is 2. The molecule has 0 saturated heterocycles. The molecule has 23 heavy (non-hydrogen) atoms. The lowest BCUT2D eigenvalue weighted by atomic mass is 10.0. The highest BCUT2D eigenvalue weighted by molar-refractivity contribution is 5.93. The Bertz CT molecular complexity index is 697. The van der Waals surface area contributed by atoms with Gasteiger partial charge < -0.3 is 21.7 Å². The van der Waals surface area contributed by atoms with Gasteiger partial charge >= 0.3 is 11.9 Å². The minimum Gasteiger partial charge on any atom is -0.478 e. The van der Waals surface area contributed by atoms with Crippen molar-refractivity contribution in [1.82, 2.24) is 0 Å². The Hall–Kier alpha value is -2.86. The van der Waals surface area contributed by atoms with E-state index in [0.29, 0.717) is 6.54 Å². The summed E-state index contributed by atoms with van der Waals surface area (Å²) in [6.45, 7) is 4.57. The molecule has 6 nitrogen and oxygen atoms in total. The Morgan fingerprint density at radius 2 is 1.52 bits per heavy atom. The molecule has 0 heterocycles. The molecule has 6 N–H and O–H groups in total. The zero-order valence-corrected chi connectivity index (χ0v) is 13.0. The van der Waals surface area contributed by atoms with Crippen LogP contribution in [-0.4, -0.2) is 22.2 Å². The number of aromatic carboxylic acids is 2. The van der Waals surface area contributed by atoms with Crippen LogP contribution in [0.25, 0.3) is 0 Å². The zero-order chi connectivity index (χ0) is 17.6. The van der Waals surface area contributed by atoms with Crippen LogP contribution in [0.15, 0.2) is 36.4 Å². The summed E-state index contributed by atoms with van der Waals surface area (Å²) in [5.41, 5.74) is 15.5. The Labute approximate surface area is 134 Å². The second-order valence-electron chi connectivity index (χ2n) is 5.05. The normalized spacial score (nSPS) is 9.70. The van der Waals surface area contributed by atoms with Gasteiger partial charge in [0.25, 0.3) is 0 Å². The van der Waals surface area contributed by atoms with Crippen LogP contribution in [0, 0.1) is 13.8 Å². The molecule has 0 atom stereocenters. The van der Waals surface area contributed by atoms with E-state index in [-0.39, 0.29) is 11.1 Å². The lowest BCUT2D eigenvalue weighted by Gasteiger charge is -2.07. The average Bonchev–Trinajstić information content (AvgIpc) is 2.51. The smallest absolute Gasteiger partial charge is 0.335 e. The quantitative estimate of drug-likeness (QED) is 0.644. The van der Waals surface area contributed by atoms with Crippen LogP contribution in [0.3, 0.4) is 0 Å². The molecule has 122 valence electrons. The number of carboxylic acid groups (broad SMARTS) is 2. The predicted octanol–water partition coefficient (Wildman–Crippen LogP) is 2.43. The van der Waals surface area contributed by atoms with Gasteiger partial charge in [-0.3, -0.25) is 0 Å². The van der Waals surface area contributed by atoms with Gasteiger partial charge in [-0.2, -0.15) is 0 Å². The number of nitrogen functional groups attached to an aromatic ring is 1. The molecule has 2 aromatic rings. The number of rotatable bonds is 3. The molecule has 0 unspecified atom stereocenters. The molecule has 2 rings (SSSR count). The van der Waals surface area contributed by atoms with Crippen LogP contribution >= 0.6 is 0 Å². The first-order chi connectivity index (χ1) is 10.8. The number of nitrogens with two attached hydrogens (primary N) is 2. The number of benzene rings is 2. The van der Waals surface area contributed by atoms with Crippen molar-refractivity contribution >= 4 is 17.6 Å². The first kappa shape index (κ1) is 18.2. The van der Waals surface area contributed by atoms with E-state index in [4.69, 9.17) is 21.7 Å². The Kier molecular flexibility index (Phi) is 6.29. The fourth-order valence-electron chi connectivity index (χ4n) is 2.02. The highest BCUT2D eigenvalue weighted by atomic mass is 16.4. The van der Waals surface area contributed by atoms with Gasteiger partial charge in [-0.25, -0.2) is 9.59 Å². The van der Waals surface area contributed by atoms with Crippen molar-refractivity contribution in [3.8, 4) is 0 Å². The van der Waals surface area contributed by atoms with Crippen LogP contribution in [0.2, 0.25) is 0 Å². The molecular weight excluding hydrogens is 296 g/mol. The van der Waals surface area contributed by atoms with Gasteiger partial charge in [-0.1, -0.05) is 23.8 Å². The van der Waals surface area contributed by atoms with Gasteiger partial charge in [-0.15, -0.1) is 0 Å². The van der Waals surface area contributed by atoms with Gasteiger partial charge in [0, 0.05) is 12.2 Å². The largest absolute Gasteiger partial charge is 0.478 e. The minimum absolute atomic E-state index is 0.0186. The third-order valence-corrected chi connectivity index (χ3v) is 3.19. The van der Waals surface area contributed by atoms with Crippen molar-refractivity contribution in [2.75, 3.05) is 5.73 Å². The van der Waals surface area contributed by atoms with Crippen LogP contribution < -0.4 is 11.5 Å². The summed E-state index contributed by atoms with van der Waals surface area (Å²) in [5, 5.41) is 17.0. The third-order valence-electron chi connectivity index (χ3n) is 3.19. The van der Waals surface area contributed by atoms with E-state index in [1.54, 1.807) is 0 Å². The lowest BCUT2D eigenvalue weighted by molar-refractivity contribution is 0.0696. The van der Waals surface area contributed by atoms with Crippen molar-refractivity contribution < 1.29 is 19.8 Å². The van der Waals surface area contributed by atoms with E-state index in [2.05, 4.69) is 6.07 Å². The van der Waals surface area contributed by atoms with Crippen molar-refractivity contribution in [3.63, 3.8) is 0 Å². The molecule has 0 spiro atoms. The van der Waals surface area contributed by atoms with Crippen molar-refractivity contribution in [3.05, 3.63) is 64.2 Å². The fraction of sp³-hybridized carbons (Fsp3) is 0.176. The fourth-order valence-corrected chi connectivity index (χ4v) is 2.02. The average molecular weight is 316 g/mol. The van der Waals surface area contributed by atoms with E-state index in [1.807, 2.05) is 19.9 Å². The number of hydrogen-bond donors (Lipinski definition) is 4. The number of anilines is 1. The predicted molar refractivity (Wildman–Crippen MR) is 88.6 cm³/mol. The van der Waals surface area contributed by atoms with E-state index in [1.165, 1.54) is 23.8 Å². The SMILES string of the molecule is Cc1cc(C)c(N)c(CN)c1.O=C(O)c1cccc(C(=O)O)c1. The first-order valence-corrected chi connectivity index (χ1v) is 6.88. The Morgan fingerprint density at radius 1 is 1.00 bits per heavy atom. The summed E-state index contributed by atoms with van der Waals surface area (Å²) in [6, 6.07) is 9.29. The standard InChI is InChI=1S/C9H14N2.C8H6O4/c1-6-3-7(2)9(11)8(4-6)5-10;9-7(10)5-2-1-3-6(4-5)8(11)12/h3-4H,5,10-11H2,1-2H3;1-4H,(H,9,10)(H,11,12). The topological polar surface area (TPSA) is 127 Å². The third kappa shape index (κ3) is 5.12. The molecular formula is C17H20N2O4. The van der Waals surface area contributed by atoms with Gasteiger partial charge in [0.05, 0.1) is 11.1 Å². The highest BCUT2D eigenvalue weighted by Gasteiger charge is 2.06. The molecule has 0 aliphatic rings. The van der Waals surface area contributed by atoms with Crippen molar-refractivity contribution in [2.45, 2.75) is 20.4 Å².